The van der Waals surface area contributed by atoms with E-state index in [1.54, 1.807) is 6.07 Å². The number of hydrogen-bond acceptors (Lipinski definition) is 3. The molecule has 4 heteroatoms. The molecule has 2 atom stereocenters. The van der Waals surface area contributed by atoms with Gasteiger partial charge < -0.3 is 5.11 Å². The summed E-state index contributed by atoms with van der Waals surface area (Å²) in [5, 5.41) is 10.3. The van der Waals surface area contributed by atoms with Gasteiger partial charge in [0.15, 0.2) is 0 Å². The van der Waals surface area contributed by atoms with Crippen molar-refractivity contribution in [1.29, 1.82) is 0 Å². The first kappa shape index (κ1) is 12.1. The molecular formula is C14H19FN2O. The first-order valence-electron chi connectivity index (χ1n) is 6.61. The smallest absolute Gasteiger partial charge is 0.123 e. The molecule has 3 aliphatic rings. The highest BCUT2D eigenvalue weighted by atomic mass is 19.1. The zero-order chi connectivity index (χ0) is 12.5. The van der Waals surface area contributed by atoms with E-state index in [0.717, 1.165) is 38.3 Å². The maximum Gasteiger partial charge on any atom is 0.123 e. The molecule has 2 bridgehead atoms. The number of halogens is 1. The van der Waals surface area contributed by atoms with Crippen LogP contribution in [-0.4, -0.2) is 59.8 Å². The normalized spacial score (nSPS) is 32.4. The molecule has 0 aliphatic carbocycles. The Morgan fingerprint density at radius 2 is 2.06 bits per heavy atom. The molecule has 3 aliphatic heterocycles. The first-order valence-corrected chi connectivity index (χ1v) is 6.61. The Hall–Kier alpha value is -0.970. The number of rotatable bonds is 3. The van der Waals surface area contributed by atoms with Gasteiger partial charge in [-0.05, 0) is 17.7 Å². The molecule has 3 heterocycles. The zero-order valence-corrected chi connectivity index (χ0v) is 10.4. The summed E-state index contributed by atoms with van der Waals surface area (Å²) < 4.78 is 13.1. The molecular weight excluding hydrogens is 231 g/mol. The predicted molar refractivity (Wildman–Crippen MR) is 67.9 cm³/mol. The van der Waals surface area contributed by atoms with Crippen molar-refractivity contribution in [3.8, 4) is 0 Å². The summed E-state index contributed by atoms with van der Waals surface area (Å²) in [7, 11) is 0. The van der Waals surface area contributed by atoms with E-state index < -0.39 is 6.10 Å². The number of aliphatic hydroxyl groups excluding tert-OH is 1. The van der Waals surface area contributed by atoms with Gasteiger partial charge in [0.1, 0.15) is 5.82 Å². The lowest BCUT2D eigenvalue weighted by molar-refractivity contribution is -0.0453. The molecule has 1 aromatic rings. The fourth-order valence-corrected chi connectivity index (χ4v) is 3.06. The fraction of sp³-hybridized carbons (Fsp3) is 0.571. The Balaban J connectivity index is 1.66. The second-order valence-corrected chi connectivity index (χ2v) is 5.31. The van der Waals surface area contributed by atoms with Gasteiger partial charge in [-0.2, -0.15) is 0 Å². The van der Waals surface area contributed by atoms with E-state index >= 15 is 0 Å². The van der Waals surface area contributed by atoms with E-state index in [1.165, 1.54) is 12.1 Å². The summed E-state index contributed by atoms with van der Waals surface area (Å²) in [6.07, 6.45) is 0.127. The van der Waals surface area contributed by atoms with Gasteiger partial charge in [-0.3, -0.25) is 9.80 Å². The van der Waals surface area contributed by atoms with Crippen LogP contribution in [0.1, 0.15) is 5.56 Å². The molecule has 0 radical (unpaired) electrons. The summed E-state index contributed by atoms with van der Waals surface area (Å²) in [6, 6.07) is 6.74. The minimum absolute atomic E-state index is 0.204. The maximum atomic E-state index is 13.1. The van der Waals surface area contributed by atoms with Gasteiger partial charge >= 0.3 is 0 Å². The lowest BCUT2D eigenvalue weighted by atomic mass is 9.97. The van der Waals surface area contributed by atoms with Gasteiger partial charge in [0, 0.05) is 45.2 Å². The SMILES string of the molecule is OC(Cc1cccc(F)c1)C1CN2CCN1CC2. The van der Waals surface area contributed by atoms with Gasteiger partial charge in [0.25, 0.3) is 0 Å². The Kier molecular flexibility index (Phi) is 3.33. The number of piperazine rings is 3. The van der Waals surface area contributed by atoms with Crippen LogP contribution in [0, 0.1) is 5.82 Å². The predicted octanol–water partition coefficient (Wildman–Crippen LogP) is 0.729. The van der Waals surface area contributed by atoms with E-state index in [0.29, 0.717) is 6.42 Å². The summed E-state index contributed by atoms with van der Waals surface area (Å²) in [6.45, 7) is 5.26. The molecule has 18 heavy (non-hydrogen) atoms. The van der Waals surface area contributed by atoms with E-state index in [2.05, 4.69) is 9.80 Å². The minimum atomic E-state index is -0.408. The first-order chi connectivity index (χ1) is 8.72. The van der Waals surface area contributed by atoms with Crippen LogP contribution < -0.4 is 0 Å². The average molecular weight is 250 g/mol. The van der Waals surface area contributed by atoms with Crippen molar-refractivity contribution in [2.24, 2.45) is 0 Å². The van der Waals surface area contributed by atoms with Crippen molar-refractivity contribution in [1.82, 2.24) is 9.80 Å². The molecule has 98 valence electrons. The molecule has 0 aromatic heterocycles. The Morgan fingerprint density at radius 3 is 2.67 bits per heavy atom. The van der Waals surface area contributed by atoms with Crippen molar-refractivity contribution in [3.63, 3.8) is 0 Å². The van der Waals surface area contributed by atoms with Crippen molar-refractivity contribution < 1.29 is 9.50 Å². The van der Waals surface area contributed by atoms with Crippen LogP contribution in [0.15, 0.2) is 24.3 Å². The van der Waals surface area contributed by atoms with Crippen LogP contribution >= 0.6 is 0 Å². The van der Waals surface area contributed by atoms with Gasteiger partial charge in [-0.1, -0.05) is 12.1 Å². The second-order valence-electron chi connectivity index (χ2n) is 5.31. The van der Waals surface area contributed by atoms with E-state index in [4.69, 9.17) is 0 Å². The van der Waals surface area contributed by atoms with Crippen LogP contribution in [0.3, 0.4) is 0 Å². The molecule has 3 fully saturated rings. The molecule has 2 unspecified atom stereocenters. The highest BCUT2D eigenvalue weighted by Gasteiger charge is 2.35. The van der Waals surface area contributed by atoms with Gasteiger partial charge in [-0.15, -0.1) is 0 Å². The zero-order valence-electron chi connectivity index (χ0n) is 10.4. The van der Waals surface area contributed by atoms with Crippen LogP contribution in [-0.2, 0) is 6.42 Å². The van der Waals surface area contributed by atoms with E-state index in [-0.39, 0.29) is 11.9 Å². The minimum Gasteiger partial charge on any atom is -0.391 e. The van der Waals surface area contributed by atoms with E-state index in [9.17, 15) is 9.50 Å². The Morgan fingerprint density at radius 1 is 1.28 bits per heavy atom. The van der Waals surface area contributed by atoms with Gasteiger partial charge in [0.05, 0.1) is 6.10 Å². The molecule has 1 N–H and O–H groups in total. The van der Waals surface area contributed by atoms with Crippen LogP contribution in [0.4, 0.5) is 4.39 Å². The lowest BCUT2D eigenvalue weighted by Gasteiger charge is -2.49. The maximum absolute atomic E-state index is 13.1. The fourth-order valence-electron chi connectivity index (χ4n) is 3.06. The molecule has 0 amide bonds. The molecule has 3 nitrogen and oxygen atoms in total. The molecule has 1 aromatic carbocycles. The number of benzene rings is 1. The molecule has 4 rings (SSSR count). The highest BCUT2D eigenvalue weighted by Crippen LogP contribution is 2.20. The van der Waals surface area contributed by atoms with Crippen molar-refractivity contribution >= 4 is 0 Å². The third-order valence-corrected chi connectivity index (χ3v) is 4.10. The van der Waals surface area contributed by atoms with Gasteiger partial charge in [0.2, 0.25) is 0 Å². The van der Waals surface area contributed by atoms with Crippen LogP contribution in [0.25, 0.3) is 0 Å². The number of nitrogens with zero attached hydrogens (tertiary/aromatic N) is 2. The average Bonchev–Trinajstić information content (AvgIpc) is 2.40. The standard InChI is InChI=1S/C14H19FN2O/c15-12-3-1-2-11(8-12)9-14(18)13-10-16-4-6-17(13)7-5-16/h1-3,8,13-14,18H,4-7,9-10H2. The topological polar surface area (TPSA) is 26.7 Å². The monoisotopic (exact) mass is 250 g/mol. The third-order valence-electron chi connectivity index (χ3n) is 4.10. The van der Waals surface area contributed by atoms with Crippen molar-refractivity contribution in [2.45, 2.75) is 18.6 Å². The molecule has 0 spiro atoms. The number of fused-ring (bicyclic) bond motifs is 3. The Bertz CT molecular complexity index is 418. The lowest BCUT2D eigenvalue weighted by Crippen LogP contribution is -2.64. The van der Waals surface area contributed by atoms with Crippen molar-refractivity contribution in [3.05, 3.63) is 35.6 Å². The largest absolute Gasteiger partial charge is 0.391 e. The Labute approximate surface area is 107 Å². The molecule has 3 saturated heterocycles. The van der Waals surface area contributed by atoms with Crippen LogP contribution in [0.2, 0.25) is 0 Å². The quantitative estimate of drug-likeness (QED) is 0.856. The summed E-state index contributed by atoms with van der Waals surface area (Å²) in [4.78, 5) is 4.77. The van der Waals surface area contributed by atoms with Crippen LogP contribution in [0.5, 0.6) is 0 Å². The third kappa shape index (κ3) is 2.41. The highest BCUT2D eigenvalue weighted by molar-refractivity contribution is 5.17. The van der Waals surface area contributed by atoms with E-state index in [1.807, 2.05) is 6.07 Å². The number of aliphatic hydroxyl groups is 1. The summed E-state index contributed by atoms with van der Waals surface area (Å²) in [5.74, 6) is -0.228. The van der Waals surface area contributed by atoms with Crippen molar-refractivity contribution in [2.75, 3.05) is 32.7 Å². The summed E-state index contributed by atoms with van der Waals surface area (Å²) >= 11 is 0. The second kappa shape index (κ2) is 4.96. The number of hydrogen-bond donors (Lipinski definition) is 1. The summed E-state index contributed by atoms with van der Waals surface area (Å²) in [5.41, 5.74) is 0.875. The van der Waals surface area contributed by atoms with Gasteiger partial charge in [-0.25, -0.2) is 4.39 Å². The molecule has 0 saturated carbocycles.